The number of para-hydroxylation sites is 1. The monoisotopic (exact) mass is 456 g/mol. The zero-order chi connectivity index (χ0) is 23.7. The number of methoxy groups -OCH3 is 1. The summed E-state index contributed by atoms with van der Waals surface area (Å²) in [5.41, 5.74) is 3.56. The van der Waals surface area contributed by atoms with E-state index < -0.39 is 0 Å². The van der Waals surface area contributed by atoms with Crippen molar-refractivity contribution in [2.24, 2.45) is 4.99 Å². The van der Waals surface area contributed by atoms with Gasteiger partial charge in [0.25, 0.3) is 0 Å². The molecule has 174 valence electrons. The molecule has 5 rings (SSSR count). The number of hydrogen-bond acceptors (Lipinski definition) is 5. The Kier molecular flexibility index (Phi) is 5.84. The Balaban J connectivity index is 1.43. The summed E-state index contributed by atoms with van der Waals surface area (Å²) in [4.78, 5) is 22.1. The number of aliphatic imine (C=N–C) groups is 1. The lowest BCUT2D eigenvalue weighted by atomic mass is 10.1. The molecule has 0 aromatic heterocycles. The maximum Gasteiger partial charge on any atom is 0.322 e. The SMILES string of the molecule is COc1ccc2c(c1)C(N1CCN(C(=O)Nc3ccccc3)[C@H](C)C1)=Nc1ccc(C)cc1O2. The summed E-state index contributed by atoms with van der Waals surface area (Å²) in [5, 5.41) is 3.00. The molecule has 0 unspecified atom stereocenters. The zero-order valence-corrected chi connectivity index (χ0v) is 19.6. The molecule has 1 atom stereocenters. The van der Waals surface area contributed by atoms with Crippen molar-refractivity contribution in [1.82, 2.24) is 9.80 Å². The van der Waals surface area contributed by atoms with Crippen molar-refractivity contribution >= 4 is 23.2 Å². The standard InChI is InChI=1S/C27H28N4O3/c1-18-9-11-23-25(15-18)34-24-12-10-21(33-3)16-22(24)26(29-23)30-13-14-31(19(2)17-30)27(32)28-20-7-5-4-6-8-20/h4-12,15-16,19H,13-14,17H2,1-3H3,(H,28,32)/t19-/m1/s1. The molecule has 0 saturated carbocycles. The predicted octanol–water partition coefficient (Wildman–Crippen LogP) is 5.43. The number of anilines is 1. The molecule has 1 fully saturated rings. The molecule has 3 aromatic rings. The summed E-state index contributed by atoms with van der Waals surface area (Å²) >= 11 is 0. The Morgan fingerprint density at radius 1 is 1.06 bits per heavy atom. The van der Waals surface area contributed by atoms with Crippen molar-refractivity contribution in [2.45, 2.75) is 19.9 Å². The van der Waals surface area contributed by atoms with Crippen LogP contribution in [0.15, 0.2) is 71.7 Å². The highest BCUT2D eigenvalue weighted by Crippen LogP contribution is 2.40. The summed E-state index contributed by atoms with van der Waals surface area (Å²) in [6, 6.07) is 21.3. The quantitative estimate of drug-likeness (QED) is 0.559. The molecule has 34 heavy (non-hydrogen) atoms. The van der Waals surface area contributed by atoms with E-state index in [0.29, 0.717) is 19.6 Å². The van der Waals surface area contributed by atoms with Crippen LogP contribution < -0.4 is 14.8 Å². The molecule has 1 saturated heterocycles. The molecule has 0 spiro atoms. The number of amides is 2. The first-order chi connectivity index (χ1) is 16.5. The van der Waals surface area contributed by atoms with Gasteiger partial charge in [0.1, 0.15) is 23.0 Å². The molecule has 2 amide bonds. The van der Waals surface area contributed by atoms with E-state index in [-0.39, 0.29) is 12.1 Å². The molecule has 7 nitrogen and oxygen atoms in total. The molecule has 7 heteroatoms. The van der Waals surface area contributed by atoms with E-state index in [1.807, 2.05) is 78.6 Å². The van der Waals surface area contributed by atoms with E-state index in [4.69, 9.17) is 14.5 Å². The Morgan fingerprint density at radius 2 is 1.88 bits per heavy atom. The average Bonchev–Trinajstić information content (AvgIpc) is 3.00. The third kappa shape index (κ3) is 4.29. The molecular formula is C27H28N4O3. The number of piperazine rings is 1. The second kappa shape index (κ2) is 9.09. The molecule has 3 aromatic carbocycles. The molecule has 2 aliphatic rings. The van der Waals surface area contributed by atoms with Crippen LogP contribution in [-0.2, 0) is 0 Å². The molecule has 0 radical (unpaired) electrons. The normalized spacial score (nSPS) is 17.0. The lowest BCUT2D eigenvalue weighted by Gasteiger charge is -2.41. The predicted molar refractivity (Wildman–Crippen MR) is 134 cm³/mol. The fourth-order valence-electron chi connectivity index (χ4n) is 4.40. The van der Waals surface area contributed by atoms with Crippen LogP contribution in [-0.4, -0.2) is 54.5 Å². The average molecular weight is 457 g/mol. The number of aryl methyl sites for hydroxylation is 1. The fraction of sp³-hybridized carbons (Fsp3) is 0.259. The van der Waals surface area contributed by atoms with Gasteiger partial charge in [-0.1, -0.05) is 24.3 Å². The van der Waals surface area contributed by atoms with E-state index in [2.05, 4.69) is 17.1 Å². The number of fused-ring (bicyclic) bond motifs is 2. The second-order valence-electron chi connectivity index (χ2n) is 8.66. The first-order valence-electron chi connectivity index (χ1n) is 11.4. The topological polar surface area (TPSA) is 66.4 Å². The first kappa shape index (κ1) is 21.8. The van der Waals surface area contributed by atoms with E-state index >= 15 is 0 Å². The van der Waals surface area contributed by atoms with Crippen LogP contribution in [0.2, 0.25) is 0 Å². The van der Waals surface area contributed by atoms with Gasteiger partial charge in [0.15, 0.2) is 5.75 Å². The minimum atomic E-state index is -0.0904. The Morgan fingerprint density at radius 3 is 2.65 bits per heavy atom. The number of carbonyl (C=O) groups excluding carboxylic acids is 1. The maximum absolute atomic E-state index is 12.9. The van der Waals surface area contributed by atoms with E-state index in [1.54, 1.807) is 7.11 Å². The smallest absolute Gasteiger partial charge is 0.322 e. The number of urea groups is 1. The van der Waals surface area contributed by atoms with Crippen LogP contribution in [0.4, 0.5) is 16.2 Å². The highest BCUT2D eigenvalue weighted by Gasteiger charge is 2.32. The number of amidine groups is 1. The van der Waals surface area contributed by atoms with Crippen LogP contribution in [0.25, 0.3) is 0 Å². The number of rotatable bonds is 2. The summed E-state index contributed by atoms with van der Waals surface area (Å²) in [6.07, 6.45) is 0. The lowest BCUT2D eigenvalue weighted by Crippen LogP contribution is -2.56. The molecule has 2 aliphatic heterocycles. The number of ether oxygens (including phenoxy) is 2. The second-order valence-corrected chi connectivity index (χ2v) is 8.66. The van der Waals surface area contributed by atoms with Crippen molar-refractivity contribution in [3.8, 4) is 17.2 Å². The maximum atomic E-state index is 12.9. The molecule has 0 bridgehead atoms. The molecule has 1 N–H and O–H groups in total. The van der Waals surface area contributed by atoms with Crippen LogP contribution in [0.3, 0.4) is 0 Å². The molecule has 0 aliphatic carbocycles. The van der Waals surface area contributed by atoms with Gasteiger partial charge in [0.2, 0.25) is 0 Å². The van der Waals surface area contributed by atoms with Crippen molar-refractivity contribution < 1.29 is 14.3 Å². The van der Waals surface area contributed by atoms with E-state index in [1.165, 1.54) is 0 Å². The summed E-state index contributed by atoms with van der Waals surface area (Å²) in [7, 11) is 1.65. The van der Waals surface area contributed by atoms with Gasteiger partial charge in [0, 0.05) is 31.4 Å². The van der Waals surface area contributed by atoms with E-state index in [9.17, 15) is 4.79 Å². The lowest BCUT2D eigenvalue weighted by molar-refractivity contribution is 0.145. The number of benzene rings is 3. The number of carbonyl (C=O) groups is 1. The van der Waals surface area contributed by atoms with Crippen molar-refractivity contribution in [1.29, 1.82) is 0 Å². The first-order valence-corrected chi connectivity index (χ1v) is 11.4. The third-order valence-corrected chi connectivity index (χ3v) is 6.20. The highest BCUT2D eigenvalue weighted by atomic mass is 16.5. The van der Waals surface area contributed by atoms with Gasteiger partial charge in [-0.15, -0.1) is 0 Å². The van der Waals surface area contributed by atoms with Gasteiger partial charge in [-0.05, 0) is 61.9 Å². The highest BCUT2D eigenvalue weighted by molar-refractivity contribution is 6.04. The van der Waals surface area contributed by atoms with Gasteiger partial charge < -0.3 is 24.6 Å². The van der Waals surface area contributed by atoms with Gasteiger partial charge in [0.05, 0.1) is 12.7 Å². The van der Waals surface area contributed by atoms with Crippen molar-refractivity contribution in [2.75, 3.05) is 32.1 Å². The van der Waals surface area contributed by atoms with Crippen LogP contribution in [0, 0.1) is 6.92 Å². The fourth-order valence-corrected chi connectivity index (χ4v) is 4.40. The van der Waals surface area contributed by atoms with Crippen LogP contribution in [0.1, 0.15) is 18.1 Å². The van der Waals surface area contributed by atoms with Crippen molar-refractivity contribution in [3.05, 3.63) is 77.9 Å². The van der Waals surface area contributed by atoms with Gasteiger partial charge in [-0.25, -0.2) is 9.79 Å². The minimum absolute atomic E-state index is 0.00382. The number of nitrogens with one attached hydrogen (secondary N) is 1. The molecular weight excluding hydrogens is 428 g/mol. The van der Waals surface area contributed by atoms with Gasteiger partial charge in [-0.3, -0.25) is 0 Å². The Labute approximate surface area is 199 Å². The summed E-state index contributed by atoms with van der Waals surface area (Å²) in [6.45, 7) is 5.99. The summed E-state index contributed by atoms with van der Waals surface area (Å²) < 4.78 is 11.8. The molecule has 2 heterocycles. The number of nitrogens with zero attached hydrogens (tertiary/aromatic N) is 3. The third-order valence-electron chi connectivity index (χ3n) is 6.20. The van der Waals surface area contributed by atoms with Gasteiger partial charge >= 0.3 is 6.03 Å². The minimum Gasteiger partial charge on any atom is -0.497 e. The zero-order valence-electron chi connectivity index (χ0n) is 19.6. The Bertz CT molecular complexity index is 1240. The van der Waals surface area contributed by atoms with Crippen LogP contribution >= 0.6 is 0 Å². The number of hydrogen-bond donors (Lipinski definition) is 1. The van der Waals surface area contributed by atoms with Crippen molar-refractivity contribution in [3.63, 3.8) is 0 Å². The van der Waals surface area contributed by atoms with Gasteiger partial charge in [-0.2, -0.15) is 0 Å². The van der Waals surface area contributed by atoms with Crippen LogP contribution in [0.5, 0.6) is 17.2 Å². The Hall–Kier alpha value is -4.00. The summed E-state index contributed by atoms with van der Waals surface area (Å²) in [5.74, 6) is 3.04. The largest absolute Gasteiger partial charge is 0.497 e. The van der Waals surface area contributed by atoms with E-state index in [0.717, 1.165) is 45.6 Å².